The van der Waals surface area contributed by atoms with Crippen LogP contribution < -0.4 is 0 Å². The van der Waals surface area contributed by atoms with E-state index >= 15 is 0 Å². The molecule has 39 heavy (non-hydrogen) atoms. The summed E-state index contributed by atoms with van der Waals surface area (Å²) >= 11 is 1.51. The molecule has 0 amide bonds. The third-order valence-corrected chi connectivity index (χ3v) is 13.4. The van der Waals surface area contributed by atoms with E-state index in [1.807, 2.05) is 13.0 Å². The van der Waals surface area contributed by atoms with Crippen LogP contribution in [0.2, 0.25) is 0 Å². The standard InChI is InChI=1S/C32H53NO5S/c1-8-30(6)18-25(38-26(35)19-39-24-13-11-12-22(27(24)36)33(9-2)10-3)31(7)20(4)14-16-32(21(5)29(30)37)17-15-23(34)28(31)32/h8,20-22,24-25,27-29,36-37H,1,9-19H2,2-7H3/t20-,21+,22+,24+,25-,27+,28+,29+,30-,31+,32+/m1/s1. The largest absolute Gasteiger partial charge is 0.461 e. The van der Waals surface area contributed by atoms with Gasteiger partial charge in [-0.3, -0.25) is 14.5 Å². The smallest absolute Gasteiger partial charge is 0.316 e. The molecule has 4 saturated carbocycles. The highest BCUT2D eigenvalue weighted by Gasteiger charge is 2.68. The van der Waals surface area contributed by atoms with Gasteiger partial charge < -0.3 is 14.9 Å². The number of likely N-dealkylation sites (N-methyl/N-ethyl adjacent to an activating group) is 1. The van der Waals surface area contributed by atoms with Crippen molar-refractivity contribution in [3.05, 3.63) is 12.7 Å². The van der Waals surface area contributed by atoms with Crippen LogP contribution in [0.5, 0.6) is 0 Å². The number of nitrogens with zero attached hydrogens (tertiary/aromatic N) is 1. The minimum atomic E-state index is -0.661. The molecule has 0 aromatic heterocycles. The highest BCUT2D eigenvalue weighted by molar-refractivity contribution is 8.00. The summed E-state index contributed by atoms with van der Waals surface area (Å²) in [4.78, 5) is 29.4. The van der Waals surface area contributed by atoms with Crippen LogP contribution in [0.25, 0.3) is 0 Å². The summed E-state index contributed by atoms with van der Waals surface area (Å²) in [6.07, 6.45) is 6.83. The average molecular weight is 564 g/mol. The Balaban J connectivity index is 1.57. The summed E-state index contributed by atoms with van der Waals surface area (Å²) in [5, 5.41) is 22.9. The van der Waals surface area contributed by atoms with Crippen LogP contribution in [0.15, 0.2) is 12.7 Å². The molecule has 2 bridgehead atoms. The number of rotatable bonds is 8. The number of carbonyl (C=O) groups excluding carboxylic acids is 2. The number of thioether (sulfide) groups is 1. The molecule has 0 heterocycles. The molecule has 4 aliphatic rings. The zero-order valence-corrected chi connectivity index (χ0v) is 26.0. The normalized spacial score (nSPS) is 46.3. The van der Waals surface area contributed by atoms with Gasteiger partial charge >= 0.3 is 5.97 Å². The number of carbonyl (C=O) groups is 2. The first-order chi connectivity index (χ1) is 18.4. The number of aliphatic hydroxyl groups is 2. The van der Waals surface area contributed by atoms with Crippen molar-refractivity contribution in [1.29, 1.82) is 0 Å². The highest BCUT2D eigenvalue weighted by atomic mass is 32.2. The van der Waals surface area contributed by atoms with Gasteiger partial charge in [0.25, 0.3) is 0 Å². The molecule has 0 aromatic carbocycles. The minimum Gasteiger partial charge on any atom is -0.461 e. The number of ether oxygens (including phenoxy) is 1. The predicted molar refractivity (Wildman–Crippen MR) is 157 cm³/mol. The maximum atomic E-state index is 13.6. The fourth-order valence-electron chi connectivity index (χ4n) is 9.26. The van der Waals surface area contributed by atoms with Crippen molar-refractivity contribution in [2.24, 2.45) is 34.0 Å². The molecular formula is C32H53NO5S. The monoisotopic (exact) mass is 563 g/mol. The van der Waals surface area contributed by atoms with Gasteiger partial charge in [0.05, 0.1) is 18.0 Å². The van der Waals surface area contributed by atoms with E-state index in [0.29, 0.717) is 12.8 Å². The predicted octanol–water partition coefficient (Wildman–Crippen LogP) is 5.25. The lowest BCUT2D eigenvalue weighted by Gasteiger charge is -2.61. The van der Waals surface area contributed by atoms with Crippen LogP contribution in [-0.2, 0) is 14.3 Å². The van der Waals surface area contributed by atoms with Crippen LogP contribution in [-0.4, -0.2) is 75.3 Å². The molecule has 4 fully saturated rings. The first kappa shape index (κ1) is 31.1. The van der Waals surface area contributed by atoms with Crippen molar-refractivity contribution < 1.29 is 24.5 Å². The van der Waals surface area contributed by atoms with Crippen LogP contribution in [0.1, 0.15) is 92.9 Å². The molecule has 11 atom stereocenters. The number of hydrogen-bond donors (Lipinski definition) is 2. The van der Waals surface area contributed by atoms with Crippen LogP contribution in [0.4, 0.5) is 0 Å². The van der Waals surface area contributed by atoms with Crippen molar-refractivity contribution in [3.63, 3.8) is 0 Å². The molecular weight excluding hydrogens is 510 g/mol. The maximum Gasteiger partial charge on any atom is 0.316 e. The van der Waals surface area contributed by atoms with Crippen molar-refractivity contribution in [2.75, 3.05) is 18.8 Å². The molecule has 6 nitrogen and oxygen atoms in total. The van der Waals surface area contributed by atoms with Gasteiger partial charge in [0.15, 0.2) is 0 Å². The summed E-state index contributed by atoms with van der Waals surface area (Å²) in [7, 11) is 0. The van der Waals surface area contributed by atoms with Crippen LogP contribution >= 0.6 is 11.8 Å². The third-order valence-electron chi connectivity index (χ3n) is 12.0. The summed E-state index contributed by atoms with van der Waals surface area (Å²) in [6.45, 7) is 18.7. The van der Waals surface area contributed by atoms with E-state index in [0.717, 1.165) is 51.6 Å². The summed E-state index contributed by atoms with van der Waals surface area (Å²) in [5.74, 6) is 0.131. The van der Waals surface area contributed by atoms with Gasteiger partial charge in [0.1, 0.15) is 11.9 Å². The minimum absolute atomic E-state index is 0.00333. The van der Waals surface area contributed by atoms with E-state index in [1.165, 1.54) is 11.8 Å². The van der Waals surface area contributed by atoms with Gasteiger partial charge in [-0.15, -0.1) is 18.3 Å². The molecule has 0 radical (unpaired) electrons. The molecule has 0 aliphatic heterocycles. The molecule has 222 valence electrons. The SMILES string of the molecule is C=C[C@]1(C)C[C@@H](OC(=O)CS[C@H]2CCC[C@H](N(CC)CC)[C@@H]2O)[C@]2(C)[C@H](C)CC[C@]3(CCC(=O)[C@H]32)[C@@H](C)[C@@H]1O. The van der Waals surface area contributed by atoms with Crippen molar-refractivity contribution in [2.45, 2.75) is 123 Å². The lowest BCUT2D eigenvalue weighted by Crippen LogP contribution is -2.63. The van der Waals surface area contributed by atoms with E-state index in [1.54, 1.807) is 0 Å². The van der Waals surface area contributed by atoms with Gasteiger partial charge in [-0.25, -0.2) is 0 Å². The zero-order valence-electron chi connectivity index (χ0n) is 25.2. The second kappa shape index (κ2) is 11.8. The average Bonchev–Trinajstić information content (AvgIpc) is 3.28. The number of Topliss-reactive ketones (excluding diaryl/α,β-unsaturated/α-hetero) is 1. The first-order valence-electron chi connectivity index (χ1n) is 15.5. The highest BCUT2D eigenvalue weighted by Crippen LogP contribution is 2.68. The van der Waals surface area contributed by atoms with E-state index in [-0.39, 0.29) is 52.0 Å². The Kier molecular flexibility index (Phi) is 9.37. The molecule has 4 aliphatic carbocycles. The lowest BCUT2D eigenvalue weighted by atomic mass is 9.44. The molecule has 0 spiro atoms. The van der Waals surface area contributed by atoms with Crippen LogP contribution in [0, 0.1) is 34.0 Å². The van der Waals surface area contributed by atoms with E-state index in [4.69, 9.17) is 4.74 Å². The Hall–Kier alpha value is -0.890. The van der Waals surface area contributed by atoms with Crippen molar-refractivity contribution in [3.8, 4) is 0 Å². The van der Waals surface area contributed by atoms with Crippen LogP contribution in [0.3, 0.4) is 0 Å². The zero-order chi connectivity index (χ0) is 28.8. The molecule has 4 rings (SSSR count). The van der Waals surface area contributed by atoms with Gasteiger partial charge in [0, 0.05) is 34.5 Å². The summed E-state index contributed by atoms with van der Waals surface area (Å²) in [5.41, 5.74) is -1.40. The third kappa shape index (κ3) is 5.17. The van der Waals surface area contributed by atoms with Gasteiger partial charge in [-0.05, 0) is 68.9 Å². The second-order valence-corrected chi connectivity index (χ2v) is 14.9. The van der Waals surface area contributed by atoms with Crippen molar-refractivity contribution in [1.82, 2.24) is 4.90 Å². The Morgan fingerprint density at radius 2 is 1.85 bits per heavy atom. The Morgan fingerprint density at radius 3 is 2.49 bits per heavy atom. The molecule has 0 saturated heterocycles. The number of ketones is 1. The Bertz CT molecular complexity index is 924. The first-order valence-corrected chi connectivity index (χ1v) is 16.5. The molecule has 7 heteroatoms. The maximum absolute atomic E-state index is 13.6. The van der Waals surface area contributed by atoms with E-state index in [9.17, 15) is 19.8 Å². The molecule has 0 unspecified atom stereocenters. The number of esters is 1. The molecule has 0 aromatic rings. The van der Waals surface area contributed by atoms with E-state index in [2.05, 4.69) is 46.1 Å². The Labute approximate surface area is 240 Å². The number of aliphatic hydroxyl groups excluding tert-OH is 2. The van der Waals surface area contributed by atoms with Crippen molar-refractivity contribution >= 4 is 23.5 Å². The quantitative estimate of drug-likeness (QED) is 0.308. The van der Waals surface area contributed by atoms with Gasteiger partial charge in [-0.1, -0.05) is 54.0 Å². The number of hydrogen-bond acceptors (Lipinski definition) is 7. The van der Waals surface area contributed by atoms with Gasteiger partial charge in [0.2, 0.25) is 0 Å². The fourth-order valence-corrected chi connectivity index (χ4v) is 10.4. The molecule has 2 N–H and O–H groups in total. The Morgan fingerprint density at radius 1 is 1.15 bits per heavy atom. The fraction of sp³-hybridized carbons (Fsp3) is 0.875. The summed E-state index contributed by atoms with van der Waals surface area (Å²) in [6, 6.07) is 0.133. The van der Waals surface area contributed by atoms with E-state index < -0.39 is 29.1 Å². The topological polar surface area (TPSA) is 87.1 Å². The lowest BCUT2D eigenvalue weighted by molar-refractivity contribution is -0.205. The second-order valence-electron chi connectivity index (χ2n) is 13.6. The van der Waals surface area contributed by atoms with Gasteiger partial charge in [-0.2, -0.15) is 0 Å². The summed E-state index contributed by atoms with van der Waals surface area (Å²) < 4.78 is 6.40.